The van der Waals surface area contributed by atoms with E-state index < -0.39 is 0 Å². The summed E-state index contributed by atoms with van der Waals surface area (Å²) in [6.45, 7) is 5.37. The zero-order chi connectivity index (χ0) is 7.98. The van der Waals surface area contributed by atoms with Crippen molar-refractivity contribution in [2.45, 2.75) is 12.3 Å². The number of hydrogen-bond acceptors (Lipinski definition) is 2. The van der Waals surface area contributed by atoms with Crippen LogP contribution in [0.5, 0.6) is 0 Å². The molecule has 0 saturated carbocycles. The predicted octanol–water partition coefficient (Wildman–Crippen LogP) is 2.26. The maximum Gasteiger partial charge on any atom is 0.157 e. The lowest BCUT2D eigenvalue weighted by Gasteiger charge is -1.97. The lowest BCUT2D eigenvalue weighted by atomic mass is 10.4. The summed E-state index contributed by atoms with van der Waals surface area (Å²) in [7, 11) is 1.42. The van der Waals surface area contributed by atoms with Gasteiger partial charge in [-0.15, -0.1) is 11.6 Å². The molecule has 0 fully saturated rings. The summed E-state index contributed by atoms with van der Waals surface area (Å²) in [5.74, 6) is 0.440. The van der Waals surface area contributed by atoms with E-state index in [1.807, 2.05) is 6.92 Å². The molecule has 0 aliphatic heterocycles. The van der Waals surface area contributed by atoms with Crippen LogP contribution in [-0.2, 0) is 9.78 Å². The molecule has 0 aromatic carbocycles. The van der Waals surface area contributed by atoms with Crippen LogP contribution in [0.25, 0.3) is 0 Å². The minimum atomic E-state index is -0.0165. The highest BCUT2D eigenvalue weighted by atomic mass is 35.5. The highest BCUT2D eigenvalue weighted by molar-refractivity contribution is 6.21. The van der Waals surface area contributed by atoms with Gasteiger partial charge in [-0.05, 0) is 13.0 Å². The van der Waals surface area contributed by atoms with Crippen LogP contribution in [0.15, 0.2) is 24.5 Å². The zero-order valence-electron chi connectivity index (χ0n) is 6.13. The molecule has 10 heavy (non-hydrogen) atoms. The molecule has 0 amide bonds. The predicted molar refractivity (Wildman–Crippen MR) is 41.7 cm³/mol. The van der Waals surface area contributed by atoms with Crippen molar-refractivity contribution in [2.24, 2.45) is 0 Å². The molecule has 0 heterocycles. The van der Waals surface area contributed by atoms with E-state index in [4.69, 9.17) is 11.6 Å². The van der Waals surface area contributed by atoms with Crippen LogP contribution in [0.1, 0.15) is 6.92 Å². The summed E-state index contributed by atoms with van der Waals surface area (Å²) in [6.07, 6.45) is 3.41. The molecular weight excluding hydrogens is 152 g/mol. The molecule has 0 spiro atoms. The van der Waals surface area contributed by atoms with Crippen molar-refractivity contribution in [2.75, 3.05) is 7.11 Å². The number of alkyl halides is 1. The van der Waals surface area contributed by atoms with Gasteiger partial charge in [0.15, 0.2) is 5.76 Å². The first-order valence-corrected chi connectivity index (χ1v) is 3.32. The first-order valence-electron chi connectivity index (χ1n) is 2.88. The zero-order valence-corrected chi connectivity index (χ0v) is 6.89. The van der Waals surface area contributed by atoms with Crippen molar-refractivity contribution in [1.82, 2.24) is 0 Å². The highest BCUT2D eigenvalue weighted by Crippen LogP contribution is 2.00. The second-order valence-electron chi connectivity index (χ2n) is 1.75. The fourth-order valence-corrected chi connectivity index (χ4v) is 0.447. The van der Waals surface area contributed by atoms with E-state index in [0.29, 0.717) is 5.76 Å². The van der Waals surface area contributed by atoms with Gasteiger partial charge in [-0.2, -0.15) is 4.89 Å². The summed E-state index contributed by atoms with van der Waals surface area (Å²) in [4.78, 5) is 8.89. The Balaban J connectivity index is 3.56. The van der Waals surface area contributed by atoms with Gasteiger partial charge in [0.25, 0.3) is 0 Å². The third-order valence-corrected chi connectivity index (χ3v) is 0.883. The van der Waals surface area contributed by atoms with Crippen LogP contribution < -0.4 is 0 Å². The fourth-order valence-electron chi connectivity index (χ4n) is 0.375. The van der Waals surface area contributed by atoms with E-state index in [1.165, 1.54) is 7.11 Å². The molecule has 0 saturated heterocycles. The Labute approximate surface area is 66.0 Å². The average molecular weight is 163 g/mol. The molecule has 3 heteroatoms. The van der Waals surface area contributed by atoms with Crippen molar-refractivity contribution in [3.63, 3.8) is 0 Å². The standard InChI is InChI=1S/C7H11ClO2/c1-6(8)4-5-7(2)10-9-3/h4-6H,2H2,1,3H3/b5-4-/t6-/m1/s1. The lowest BCUT2D eigenvalue weighted by molar-refractivity contribution is -0.232. The van der Waals surface area contributed by atoms with Crippen molar-refractivity contribution in [1.29, 1.82) is 0 Å². The number of halogens is 1. The van der Waals surface area contributed by atoms with E-state index in [0.717, 1.165) is 0 Å². The molecule has 0 bridgehead atoms. The topological polar surface area (TPSA) is 18.5 Å². The van der Waals surface area contributed by atoms with Crippen LogP contribution in [0.3, 0.4) is 0 Å². The van der Waals surface area contributed by atoms with Gasteiger partial charge in [0.1, 0.15) is 0 Å². The van der Waals surface area contributed by atoms with Crippen molar-refractivity contribution < 1.29 is 9.78 Å². The molecule has 2 nitrogen and oxygen atoms in total. The van der Waals surface area contributed by atoms with E-state index in [1.54, 1.807) is 12.2 Å². The van der Waals surface area contributed by atoms with E-state index in [2.05, 4.69) is 16.4 Å². The number of hydrogen-bond donors (Lipinski definition) is 0. The molecule has 1 atom stereocenters. The Morgan fingerprint density at radius 2 is 2.30 bits per heavy atom. The summed E-state index contributed by atoms with van der Waals surface area (Å²) in [6, 6.07) is 0. The molecular formula is C7H11ClO2. The first kappa shape index (κ1) is 9.53. The molecule has 0 radical (unpaired) electrons. The molecule has 0 aliphatic carbocycles. The van der Waals surface area contributed by atoms with Crippen molar-refractivity contribution >= 4 is 11.6 Å². The molecule has 58 valence electrons. The van der Waals surface area contributed by atoms with Crippen molar-refractivity contribution in [3.05, 3.63) is 24.5 Å². The summed E-state index contributed by atoms with van der Waals surface area (Å²) >= 11 is 5.60. The van der Waals surface area contributed by atoms with E-state index in [9.17, 15) is 0 Å². The largest absolute Gasteiger partial charge is 0.339 e. The molecule has 0 aliphatic rings. The normalized spacial score (nSPS) is 13.5. The second-order valence-corrected chi connectivity index (χ2v) is 2.44. The van der Waals surface area contributed by atoms with Crippen LogP contribution >= 0.6 is 11.6 Å². The van der Waals surface area contributed by atoms with Crippen molar-refractivity contribution in [3.8, 4) is 0 Å². The van der Waals surface area contributed by atoms with Crippen LogP contribution in [0.4, 0.5) is 0 Å². The Morgan fingerprint density at radius 1 is 1.70 bits per heavy atom. The van der Waals surface area contributed by atoms with Crippen LogP contribution in [0.2, 0.25) is 0 Å². The summed E-state index contributed by atoms with van der Waals surface area (Å²) in [5, 5.41) is -0.0165. The maximum absolute atomic E-state index is 5.60. The molecule has 0 aromatic heterocycles. The molecule has 0 aromatic rings. The fraction of sp³-hybridized carbons (Fsp3) is 0.429. The second kappa shape index (κ2) is 5.33. The monoisotopic (exact) mass is 162 g/mol. The van der Waals surface area contributed by atoms with Gasteiger partial charge in [-0.3, -0.25) is 0 Å². The van der Waals surface area contributed by atoms with Gasteiger partial charge in [-0.1, -0.05) is 12.7 Å². The third-order valence-electron chi connectivity index (χ3n) is 0.738. The number of rotatable bonds is 4. The van der Waals surface area contributed by atoms with E-state index in [-0.39, 0.29) is 5.38 Å². The van der Waals surface area contributed by atoms with Gasteiger partial charge in [0, 0.05) is 5.38 Å². The quantitative estimate of drug-likeness (QED) is 0.208. The Kier molecular flexibility index (Phi) is 5.08. The average Bonchev–Trinajstić information content (AvgIpc) is 1.85. The SMILES string of the molecule is C=C(/C=C\[C@@H](C)Cl)OOC. The minimum absolute atomic E-state index is 0.0165. The summed E-state index contributed by atoms with van der Waals surface area (Å²) < 4.78 is 0. The minimum Gasteiger partial charge on any atom is -0.339 e. The summed E-state index contributed by atoms with van der Waals surface area (Å²) in [5.41, 5.74) is 0. The lowest BCUT2D eigenvalue weighted by Crippen LogP contribution is -1.87. The van der Waals surface area contributed by atoms with Gasteiger partial charge in [0.05, 0.1) is 7.11 Å². The first-order chi connectivity index (χ1) is 4.66. The van der Waals surface area contributed by atoms with Gasteiger partial charge in [0.2, 0.25) is 0 Å². The molecule has 0 N–H and O–H groups in total. The Hall–Kier alpha value is -0.470. The highest BCUT2D eigenvalue weighted by Gasteiger charge is 1.89. The van der Waals surface area contributed by atoms with Gasteiger partial charge in [-0.25, -0.2) is 0 Å². The van der Waals surface area contributed by atoms with E-state index >= 15 is 0 Å². The third kappa shape index (κ3) is 5.66. The van der Waals surface area contributed by atoms with Gasteiger partial charge >= 0.3 is 0 Å². The number of allylic oxidation sites excluding steroid dienone is 2. The molecule has 0 unspecified atom stereocenters. The Morgan fingerprint density at radius 3 is 2.70 bits per heavy atom. The smallest absolute Gasteiger partial charge is 0.157 e. The van der Waals surface area contributed by atoms with Crippen LogP contribution in [-0.4, -0.2) is 12.5 Å². The Bertz CT molecular complexity index is 130. The maximum atomic E-state index is 5.60. The van der Waals surface area contributed by atoms with Crippen LogP contribution in [0, 0.1) is 0 Å². The molecule has 0 rings (SSSR count). The van der Waals surface area contributed by atoms with Gasteiger partial charge < -0.3 is 4.89 Å².